The van der Waals surface area contributed by atoms with Gasteiger partial charge in [0.1, 0.15) is 0 Å². The second kappa shape index (κ2) is 1.48. The van der Waals surface area contributed by atoms with Crippen LogP contribution in [-0.2, 0) is 0 Å². The summed E-state index contributed by atoms with van der Waals surface area (Å²) in [5.41, 5.74) is 0. The molecule has 52 valence electrons. The number of rotatable bonds is 0. The lowest BCUT2D eigenvalue weighted by molar-refractivity contribution is -0.209. The van der Waals surface area contributed by atoms with E-state index >= 15 is 0 Å². The van der Waals surface area contributed by atoms with E-state index in [-0.39, 0.29) is 0 Å². The quantitative estimate of drug-likeness (QED) is 0.375. The summed E-state index contributed by atoms with van der Waals surface area (Å²) in [6.45, 7) is 0. The molecule has 2 atom stereocenters. The van der Waals surface area contributed by atoms with Crippen LogP contribution in [0.1, 0.15) is 19.3 Å². The molecule has 2 unspecified atom stereocenters. The first kappa shape index (κ1) is 5.65. The Morgan fingerprint density at radius 1 is 1.22 bits per heavy atom. The minimum Gasteiger partial charge on any atom is -0.365 e. The average Bonchev–Trinajstić information content (AvgIpc) is 1.58. The first-order chi connectivity index (χ1) is 4.16. The maximum absolute atomic E-state index is 9.09. The average molecular weight is 129 g/mol. The van der Waals surface area contributed by atoms with Crippen molar-refractivity contribution < 1.29 is 10.2 Å². The Labute approximate surface area is 53.7 Å². The molecule has 0 spiro atoms. The number of aliphatic hydroxyl groups is 2. The molecular weight excluding hydrogens is 118 g/mol. The smallest absolute Gasteiger partial charge is 0.165 e. The summed E-state index contributed by atoms with van der Waals surface area (Å²) in [6, 6.07) is 0.748. The molecule has 0 radical (unpaired) electrons. The lowest BCUT2D eigenvalue weighted by Gasteiger charge is -2.48. The minimum absolute atomic E-state index is 0.374. The Morgan fingerprint density at radius 3 is 1.89 bits per heavy atom. The van der Waals surface area contributed by atoms with Gasteiger partial charge in [0, 0.05) is 24.9 Å². The lowest BCUT2D eigenvalue weighted by Crippen LogP contribution is -2.63. The van der Waals surface area contributed by atoms with Gasteiger partial charge in [-0.05, 0) is 6.42 Å². The van der Waals surface area contributed by atoms with Crippen LogP contribution >= 0.6 is 0 Å². The van der Waals surface area contributed by atoms with E-state index < -0.39 is 5.79 Å². The topological polar surface area (TPSA) is 52.5 Å². The van der Waals surface area contributed by atoms with E-state index in [9.17, 15) is 0 Å². The summed E-state index contributed by atoms with van der Waals surface area (Å²) in [5.74, 6) is -1.36. The maximum Gasteiger partial charge on any atom is 0.165 e. The van der Waals surface area contributed by atoms with Gasteiger partial charge in [-0.15, -0.1) is 0 Å². The molecule has 0 aromatic rings. The van der Waals surface area contributed by atoms with Gasteiger partial charge >= 0.3 is 0 Å². The summed E-state index contributed by atoms with van der Waals surface area (Å²) >= 11 is 0. The number of piperidine rings is 1. The van der Waals surface area contributed by atoms with Crippen LogP contribution in [0, 0.1) is 0 Å². The largest absolute Gasteiger partial charge is 0.365 e. The Morgan fingerprint density at radius 2 is 1.67 bits per heavy atom. The lowest BCUT2D eigenvalue weighted by atomic mass is 9.79. The van der Waals surface area contributed by atoms with Crippen molar-refractivity contribution in [2.75, 3.05) is 0 Å². The van der Waals surface area contributed by atoms with Crippen molar-refractivity contribution in [3.05, 3.63) is 0 Å². The van der Waals surface area contributed by atoms with E-state index in [4.69, 9.17) is 10.2 Å². The molecule has 9 heavy (non-hydrogen) atoms. The Kier molecular flexibility index (Phi) is 0.928. The van der Waals surface area contributed by atoms with Crippen LogP contribution in [0.2, 0.25) is 0 Å². The van der Waals surface area contributed by atoms with Gasteiger partial charge < -0.3 is 15.5 Å². The fourth-order valence-corrected chi connectivity index (χ4v) is 1.81. The molecule has 2 bridgehead atoms. The summed E-state index contributed by atoms with van der Waals surface area (Å²) in [4.78, 5) is 0. The molecule has 2 saturated heterocycles. The molecule has 3 heteroatoms. The van der Waals surface area contributed by atoms with Crippen molar-refractivity contribution in [2.24, 2.45) is 0 Å². The third-order valence-corrected chi connectivity index (χ3v) is 2.19. The second-order valence-corrected chi connectivity index (χ2v) is 3.19. The van der Waals surface area contributed by atoms with E-state index in [1.807, 2.05) is 0 Å². The predicted molar refractivity (Wildman–Crippen MR) is 31.7 cm³/mol. The van der Waals surface area contributed by atoms with Crippen molar-refractivity contribution in [1.82, 2.24) is 5.32 Å². The van der Waals surface area contributed by atoms with Crippen LogP contribution < -0.4 is 5.32 Å². The highest BCUT2D eigenvalue weighted by Crippen LogP contribution is 2.33. The highest BCUT2D eigenvalue weighted by Gasteiger charge is 2.44. The SMILES string of the molecule is OC1(O)CC2CC(C1)N2. The van der Waals surface area contributed by atoms with Gasteiger partial charge in [-0.2, -0.15) is 0 Å². The number of hydrogen-bond donors (Lipinski definition) is 3. The van der Waals surface area contributed by atoms with E-state index in [2.05, 4.69) is 5.32 Å². The van der Waals surface area contributed by atoms with E-state index in [1.165, 1.54) is 0 Å². The van der Waals surface area contributed by atoms with Gasteiger partial charge in [-0.1, -0.05) is 0 Å². The van der Waals surface area contributed by atoms with E-state index in [0.29, 0.717) is 24.9 Å². The third-order valence-electron chi connectivity index (χ3n) is 2.19. The molecule has 1 aliphatic carbocycles. The Hall–Kier alpha value is -0.120. The molecule has 3 N–H and O–H groups in total. The second-order valence-electron chi connectivity index (χ2n) is 3.19. The highest BCUT2D eigenvalue weighted by atomic mass is 16.5. The van der Waals surface area contributed by atoms with Crippen LogP contribution in [0.15, 0.2) is 0 Å². The molecule has 3 nitrogen and oxygen atoms in total. The predicted octanol–water partition coefficient (Wildman–Crippen LogP) is -0.808. The zero-order valence-corrected chi connectivity index (χ0v) is 5.17. The monoisotopic (exact) mass is 129 g/mol. The summed E-state index contributed by atoms with van der Waals surface area (Å²) < 4.78 is 0. The normalized spacial score (nSPS) is 46.0. The summed E-state index contributed by atoms with van der Waals surface area (Å²) in [7, 11) is 0. The fraction of sp³-hybridized carbons (Fsp3) is 1.00. The van der Waals surface area contributed by atoms with Gasteiger partial charge in [-0.25, -0.2) is 0 Å². The molecule has 2 aliphatic heterocycles. The van der Waals surface area contributed by atoms with Gasteiger partial charge in [0.15, 0.2) is 5.79 Å². The first-order valence-corrected chi connectivity index (χ1v) is 3.36. The fourth-order valence-electron chi connectivity index (χ4n) is 1.81. The Balaban J connectivity index is 2.04. The number of fused-ring (bicyclic) bond motifs is 2. The van der Waals surface area contributed by atoms with Gasteiger partial charge in [0.2, 0.25) is 0 Å². The summed E-state index contributed by atoms with van der Waals surface area (Å²) in [6.07, 6.45) is 2.13. The van der Waals surface area contributed by atoms with Gasteiger partial charge in [-0.3, -0.25) is 0 Å². The van der Waals surface area contributed by atoms with Gasteiger partial charge in [0.25, 0.3) is 0 Å². The third kappa shape index (κ3) is 0.852. The molecule has 1 saturated carbocycles. The van der Waals surface area contributed by atoms with Crippen LogP contribution in [0.5, 0.6) is 0 Å². The van der Waals surface area contributed by atoms with Crippen LogP contribution in [0.3, 0.4) is 0 Å². The van der Waals surface area contributed by atoms with Crippen molar-refractivity contribution in [3.63, 3.8) is 0 Å². The summed E-state index contributed by atoms with van der Waals surface area (Å²) in [5, 5.41) is 21.4. The zero-order chi connectivity index (χ0) is 6.48. The van der Waals surface area contributed by atoms with Crippen molar-refractivity contribution in [2.45, 2.75) is 37.1 Å². The molecule has 0 aromatic carbocycles. The zero-order valence-electron chi connectivity index (χ0n) is 5.17. The number of hydrogen-bond acceptors (Lipinski definition) is 3. The Bertz CT molecular complexity index is 117. The minimum atomic E-state index is -1.36. The van der Waals surface area contributed by atoms with Gasteiger partial charge in [0.05, 0.1) is 0 Å². The van der Waals surface area contributed by atoms with Crippen molar-refractivity contribution >= 4 is 0 Å². The van der Waals surface area contributed by atoms with Crippen molar-refractivity contribution in [1.29, 1.82) is 0 Å². The molecule has 0 aromatic heterocycles. The highest BCUT2D eigenvalue weighted by molar-refractivity contribution is 4.99. The van der Waals surface area contributed by atoms with E-state index in [0.717, 1.165) is 6.42 Å². The molecule has 0 amide bonds. The van der Waals surface area contributed by atoms with E-state index in [1.54, 1.807) is 0 Å². The first-order valence-electron chi connectivity index (χ1n) is 3.36. The van der Waals surface area contributed by atoms with Crippen LogP contribution in [0.25, 0.3) is 0 Å². The molecule has 3 rings (SSSR count). The number of nitrogens with one attached hydrogen (secondary N) is 1. The molecule has 3 aliphatic rings. The van der Waals surface area contributed by atoms with Crippen LogP contribution in [0.4, 0.5) is 0 Å². The molecule has 2 heterocycles. The molecular formula is C6H11NO2. The maximum atomic E-state index is 9.09. The van der Waals surface area contributed by atoms with Crippen LogP contribution in [-0.4, -0.2) is 28.1 Å². The molecule has 3 fully saturated rings. The standard InChI is InChI=1S/C6H11NO2/c8-6(9)2-4-1-5(3-6)7-4/h4-5,7-9H,1-3H2. The van der Waals surface area contributed by atoms with Crippen molar-refractivity contribution in [3.8, 4) is 0 Å².